The number of fused-ring (bicyclic) bond motifs is 1. The van der Waals surface area contributed by atoms with E-state index in [9.17, 15) is 9.90 Å². The van der Waals surface area contributed by atoms with Gasteiger partial charge >= 0.3 is 0 Å². The first kappa shape index (κ1) is 19.7. The molecule has 4 rings (SSSR count). The number of hydrogen-bond donors (Lipinski definition) is 1. The second-order valence-electron chi connectivity index (χ2n) is 6.56. The second-order valence-corrected chi connectivity index (χ2v) is 7.00. The monoisotopic (exact) mass is 418 g/mol. The van der Waals surface area contributed by atoms with E-state index in [0.29, 0.717) is 45.1 Å². The van der Waals surface area contributed by atoms with Crippen molar-refractivity contribution in [2.45, 2.75) is 6.92 Å². The van der Waals surface area contributed by atoms with Crippen LogP contribution < -0.4 is 10.3 Å². The highest BCUT2D eigenvalue weighted by molar-refractivity contribution is 6.30. The zero-order chi connectivity index (χ0) is 21.1. The van der Waals surface area contributed by atoms with Crippen LogP contribution in [0.25, 0.3) is 16.5 Å². The number of rotatable bonds is 5. The maximum Gasteiger partial charge on any atom is 0.265 e. The number of hydrogen-bond acceptors (Lipinski definition) is 4. The van der Waals surface area contributed by atoms with Crippen molar-refractivity contribution in [1.82, 2.24) is 4.57 Å². The fourth-order valence-electron chi connectivity index (χ4n) is 3.32. The summed E-state index contributed by atoms with van der Waals surface area (Å²) in [6.45, 7) is 2.42. The van der Waals surface area contributed by atoms with Crippen LogP contribution in [0.5, 0.6) is 11.6 Å². The minimum Gasteiger partial charge on any atom is -0.494 e. The van der Waals surface area contributed by atoms with E-state index < -0.39 is 0 Å². The summed E-state index contributed by atoms with van der Waals surface area (Å²) in [5.74, 6) is 0.432. The van der Waals surface area contributed by atoms with Gasteiger partial charge in [0.2, 0.25) is 5.88 Å². The lowest BCUT2D eigenvalue weighted by atomic mass is 10.1. The summed E-state index contributed by atoms with van der Waals surface area (Å²) in [6, 6.07) is 21.3. The Bertz CT molecular complexity index is 1310. The molecule has 6 heteroatoms. The third-order valence-corrected chi connectivity index (χ3v) is 4.90. The third-order valence-electron chi connectivity index (χ3n) is 4.67. The zero-order valence-electron chi connectivity index (χ0n) is 16.2. The van der Waals surface area contributed by atoms with Crippen molar-refractivity contribution < 1.29 is 9.84 Å². The molecule has 30 heavy (non-hydrogen) atoms. The molecule has 0 amide bonds. The Balaban J connectivity index is 1.95. The Hall–Kier alpha value is -3.57. The quantitative estimate of drug-likeness (QED) is 0.435. The molecule has 1 heterocycles. The van der Waals surface area contributed by atoms with E-state index in [1.165, 1.54) is 4.57 Å². The van der Waals surface area contributed by atoms with Gasteiger partial charge in [-0.15, -0.1) is 0 Å². The molecule has 150 valence electrons. The lowest BCUT2D eigenvalue weighted by Gasteiger charge is -2.14. The molecule has 1 aromatic heterocycles. The van der Waals surface area contributed by atoms with Crippen LogP contribution >= 0.6 is 11.6 Å². The molecule has 3 aromatic carbocycles. The van der Waals surface area contributed by atoms with E-state index in [4.69, 9.17) is 16.3 Å². The number of pyridine rings is 1. The van der Waals surface area contributed by atoms with Crippen LogP contribution in [0.3, 0.4) is 0 Å². The Labute approximate surface area is 178 Å². The zero-order valence-corrected chi connectivity index (χ0v) is 17.0. The van der Waals surface area contributed by atoms with Gasteiger partial charge in [-0.2, -0.15) is 0 Å². The molecule has 4 aromatic rings. The van der Waals surface area contributed by atoms with Gasteiger partial charge in [-0.25, -0.2) is 4.57 Å². The van der Waals surface area contributed by atoms with Gasteiger partial charge in [0.1, 0.15) is 11.4 Å². The highest BCUT2D eigenvalue weighted by Crippen LogP contribution is 2.30. The molecule has 0 aliphatic heterocycles. The molecule has 0 radical (unpaired) electrons. The van der Waals surface area contributed by atoms with Crippen molar-refractivity contribution in [3.63, 3.8) is 0 Å². The van der Waals surface area contributed by atoms with Gasteiger partial charge in [-0.1, -0.05) is 48.0 Å². The number of aliphatic imine (C=N–C) groups is 1. The molecule has 0 saturated carbocycles. The third kappa shape index (κ3) is 3.67. The fourth-order valence-corrected chi connectivity index (χ4v) is 3.50. The van der Waals surface area contributed by atoms with Crippen molar-refractivity contribution in [2.75, 3.05) is 6.61 Å². The van der Waals surface area contributed by atoms with Crippen molar-refractivity contribution >= 4 is 34.3 Å². The Morgan fingerprint density at radius 2 is 1.77 bits per heavy atom. The number of aromatic hydroxyl groups is 1. The van der Waals surface area contributed by atoms with E-state index >= 15 is 0 Å². The number of halogens is 1. The average molecular weight is 419 g/mol. The first-order chi connectivity index (χ1) is 14.6. The standard InChI is InChI=1S/C24H19ClN2O3/c1-2-30-22-13-6-5-12-21(22)26-15-20-18-10-3-4-11-19(18)23(28)27(24(20)29)17-9-7-8-16(25)14-17/h3-15,29H,2H2,1H3. The SMILES string of the molecule is CCOc1ccccc1N=Cc1c(O)n(-c2cccc(Cl)c2)c(=O)c2ccccc12. The summed E-state index contributed by atoms with van der Waals surface area (Å²) in [5.41, 5.74) is 1.19. The molecule has 0 bridgehead atoms. The van der Waals surface area contributed by atoms with Crippen molar-refractivity contribution in [3.05, 3.63) is 93.7 Å². The van der Waals surface area contributed by atoms with Crippen LogP contribution in [0.15, 0.2) is 82.6 Å². The van der Waals surface area contributed by atoms with Gasteiger partial charge in [0.05, 0.1) is 17.9 Å². The Morgan fingerprint density at radius 3 is 2.53 bits per heavy atom. The predicted octanol–water partition coefficient (Wildman–Crippen LogP) is 5.50. The average Bonchev–Trinajstić information content (AvgIpc) is 2.75. The van der Waals surface area contributed by atoms with Crippen LogP contribution in [0.4, 0.5) is 5.69 Å². The molecule has 0 spiro atoms. The van der Waals surface area contributed by atoms with Crippen molar-refractivity contribution in [1.29, 1.82) is 0 Å². The lowest BCUT2D eigenvalue weighted by Crippen LogP contribution is -2.20. The van der Waals surface area contributed by atoms with Crippen LogP contribution in [0.1, 0.15) is 12.5 Å². The van der Waals surface area contributed by atoms with Crippen LogP contribution in [0, 0.1) is 0 Å². The molecule has 0 atom stereocenters. The molecule has 0 fully saturated rings. The topological polar surface area (TPSA) is 63.8 Å². The van der Waals surface area contributed by atoms with Gasteiger partial charge in [-0.05, 0) is 43.3 Å². The normalized spacial score (nSPS) is 11.3. The van der Waals surface area contributed by atoms with E-state index in [1.54, 1.807) is 48.7 Å². The van der Waals surface area contributed by atoms with E-state index in [2.05, 4.69) is 4.99 Å². The number of ether oxygens (including phenoxy) is 1. The van der Waals surface area contributed by atoms with E-state index in [1.807, 2.05) is 37.3 Å². The molecule has 5 nitrogen and oxygen atoms in total. The minimum atomic E-state index is -0.336. The minimum absolute atomic E-state index is 0.210. The van der Waals surface area contributed by atoms with Crippen LogP contribution in [0.2, 0.25) is 5.02 Å². The summed E-state index contributed by atoms with van der Waals surface area (Å²) in [5, 5.41) is 12.6. The van der Waals surface area contributed by atoms with Gasteiger partial charge in [-0.3, -0.25) is 9.79 Å². The lowest BCUT2D eigenvalue weighted by molar-refractivity contribution is 0.341. The first-order valence-corrected chi connectivity index (χ1v) is 9.86. The molecule has 0 unspecified atom stereocenters. The molecular formula is C24H19ClN2O3. The number of aromatic nitrogens is 1. The fraction of sp³-hybridized carbons (Fsp3) is 0.0833. The summed E-state index contributed by atoms with van der Waals surface area (Å²) < 4.78 is 6.86. The van der Waals surface area contributed by atoms with Gasteiger partial charge in [0, 0.05) is 22.0 Å². The molecule has 0 aliphatic rings. The van der Waals surface area contributed by atoms with E-state index in [-0.39, 0.29) is 11.4 Å². The van der Waals surface area contributed by atoms with E-state index in [0.717, 1.165) is 0 Å². The Kier molecular flexibility index (Phi) is 5.55. The summed E-state index contributed by atoms with van der Waals surface area (Å²) in [4.78, 5) is 17.7. The van der Waals surface area contributed by atoms with Gasteiger partial charge in [0.15, 0.2) is 0 Å². The number of para-hydroxylation sites is 2. The number of nitrogens with zero attached hydrogens (tertiary/aromatic N) is 2. The Morgan fingerprint density at radius 1 is 1.03 bits per heavy atom. The summed E-state index contributed by atoms with van der Waals surface area (Å²) in [6.07, 6.45) is 1.55. The largest absolute Gasteiger partial charge is 0.494 e. The predicted molar refractivity (Wildman–Crippen MR) is 121 cm³/mol. The highest BCUT2D eigenvalue weighted by Gasteiger charge is 2.16. The maximum atomic E-state index is 13.1. The second kappa shape index (κ2) is 8.43. The van der Waals surface area contributed by atoms with Crippen molar-refractivity contribution in [3.8, 4) is 17.3 Å². The number of benzene rings is 3. The van der Waals surface area contributed by atoms with Gasteiger partial charge < -0.3 is 9.84 Å². The molecule has 0 aliphatic carbocycles. The molecular weight excluding hydrogens is 400 g/mol. The van der Waals surface area contributed by atoms with Crippen LogP contribution in [-0.4, -0.2) is 22.5 Å². The maximum absolute atomic E-state index is 13.1. The summed E-state index contributed by atoms with van der Waals surface area (Å²) >= 11 is 6.11. The van der Waals surface area contributed by atoms with Crippen molar-refractivity contribution in [2.24, 2.45) is 4.99 Å². The highest BCUT2D eigenvalue weighted by atomic mass is 35.5. The molecule has 1 N–H and O–H groups in total. The molecule has 0 saturated heterocycles. The van der Waals surface area contributed by atoms with Gasteiger partial charge in [0.25, 0.3) is 5.56 Å². The first-order valence-electron chi connectivity index (χ1n) is 9.48. The summed E-state index contributed by atoms with van der Waals surface area (Å²) in [7, 11) is 0. The van der Waals surface area contributed by atoms with Crippen LogP contribution in [-0.2, 0) is 0 Å². The smallest absolute Gasteiger partial charge is 0.265 e.